The lowest BCUT2D eigenvalue weighted by Crippen LogP contribution is -2.15. The molecule has 3 aromatic rings. The van der Waals surface area contributed by atoms with E-state index in [1.807, 2.05) is 24.3 Å². The Labute approximate surface area is 168 Å². The Balaban J connectivity index is 1.67. The monoisotopic (exact) mass is 449 g/mol. The number of hydrogen-bond donors (Lipinski definition) is 1. The SMILES string of the molecule is COc1ccc(OC)c(NC(=O)CSc2nnnn2-c2ccc(Br)cc2)c1. The Morgan fingerprint density at radius 1 is 1.19 bits per heavy atom. The highest BCUT2D eigenvalue weighted by atomic mass is 79.9. The molecule has 140 valence electrons. The van der Waals surface area contributed by atoms with Crippen LogP contribution < -0.4 is 14.8 Å². The van der Waals surface area contributed by atoms with Gasteiger partial charge in [0.25, 0.3) is 0 Å². The third-order valence-corrected chi connectivity index (χ3v) is 4.97. The number of tetrazole rings is 1. The molecule has 0 aliphatic rings. The van der Waals surface area contributed by atoms with Gasteiger partial charge in [-0.25, -0.2) is 0 Å². The average molecular weight is 450 g/mol. The van der Waals surface area contributed by atoms with Crippen molar-refractivity contribution in [2.45, 2.75) is 5.16 Å². The molecule has 0 saturated carbocycles. The van der Waals surface area contributed by atoms with Crippen LogP contribution in [0, 0.1) is 0 Å². The van der Waals surface area contributed by atoms with Crippen LogP contribution in [0.4, 0.5) is 5.69 Å². The molecule has 1 amide bonds. The highest BCUT2D eigenvalue weighted by Gasteiger charge is 2.13. The summed E-state index contributed by atoms with van der Waals surface area (Å²) in [5, 5.41) is 15.0. The van der Waals surface area contributed by atoms with E-state index in [1.165, 1.54) is 11.8 Å². The number of halogens is 1. The molecule has 27 heavy (non-hydrogen) atoms. The van der Waals surface area contributed by atoms with Gasteiger partial charge in [-0.1, -0.05) is 27.7 Å². The second-order valence-electron chi connectivity index (χ2n) is 5.25. The molecular weight excluding hydrogens is 434 g/mol. The molecule has 0 spiro atoms. The van der Waals surface area contributed by atoms with E-state index >= 15 is 0 Å². The van der Waals surface area contributed by atoms with E-state index in [9.17, 15) is 4.79 Å². The average Bonchev–Trinajstić information content (AvgIpc) is 3.15. The van der Waals surface area contributed by atoms with Gasteiger partial charge in [0, 0.05) is 10.5 Å². The molecule has 2 aromatic carbocycles. The first kappa shape index (κ1) is 19.2. The fourth-order valence-electron chi connectivity index (χ4n) is 2.24. The van der Waals surface area contributed by atoms with Gasteiger partial charge in [-0.05, 0) is 46.8 Å². The number of carbonyl (C=O) groups excluding carboxylic acids is 1. The van der Waals surface area contributed by atoms with Crippen molar-refractivity contribution >= 4 is 39.3 Å². The molecule has 8 nitrogen and oxygen atoms in total. The second-order valence-corrected chi connectivity index (χ2v) is 7.11. The summed E-state index contributed by atoms with van der Waals surface area (Å²) >= 11 is 4.63. The molecular formula is C17H16BrN5O3S. The van der Waals surface area contributed by atoms with Gasteiger partial charge >= 0.3 is 0 Å². The predicted molar refractivity (Wildman–Crippen MR) is 106 cm³/mol. The Hall–Kier alpha value is -2.59. The van der Waals surface area contributed by atoms with E-state index in [0.717, 1.165) is 10.2 Å². The third kappa shape index (κ3) is 4.77. The van der Waals surface area contributed by atoms with Crippen LogP contribution in [-0.4, -0.2) is 46.1 Å². The highest BCUT2D eigenvalue weighted by Crippen LogP contribution is 2.29. The summed E-state index contributed by atoms with van der Waals surface area (Å²) in [6.07, 6.45) is 0. The Bertz CT molecular complexity index is 933. The summed E-state index contributed by atoms with van der Waals surface area (Å²) in [6.45, 7) is 0. The number of nitrogens with zero attached hydrogens (tertiary/aromatic N) is 4. The number of hydrogen-bond acceptors (Lipinski definition) is 7. The molecule has 0 fully saturated rings. The first-order chi connectivity index (χ1) is 13.1. The van der Waals surface area contributed by atoms with Crippen LogP contribution in [0.5, 0.6) is 11.5 Å². The molecule has 0 radical (unpaired) electrons. The highest BCUT2D eigenvalue weighted by molar-refractivity contribution is 9.10. The van der Waals surface area contributed by atoms with Crippen LogP contribution in [0.1, 0.15) is 0 Å². The summed E-state index contributed by atoms with van der Waals surface area (Å²) in [5.41, 5.74) is 1.34. The smallest absolute Gasteiger partial charge is 0.234 e. The molecule has 0 atom stereocenters. The fraction of sp³-hybridized carbons (Fsp3) is 0.176. The molecule has 0 aliphatic carbocycles. The minimum atomic E-state index is -0.211. The van der Waals surface area contributed by atoms with E-state index in [0.29, 0.717) is 22.3 Å². The summed E-state index contributed by atoms with van der Waals surface area (Å²) in [7, 11) is 3.10. The van der Waals surface area contributed by atoms with Crippen molar-refractivity contribution in [1.82, 2.24) is 20.2 Å². The summed E-state index contributed by atoms with van der Waals surface area (Å²) in [5.74, 6) is 1.10. The van der Waals surface area contributed by atoms with Crippen LogP contribution >= 0.6 is 27.7 Å². The maximum atomic E-state index is 12.4. The molecule has 1 N–H and O–H groups in total. The number of amides is 1. The predicted octanol–water partition coefficient (Wildman–Crippen LogP) is 3.17. The minimum Gasteiger partial charge on any atom is -0.497 e. The number of nitrogens with one attached hydrogen (secondary N) is 1. The van der Waals surface area contributed by atoms with E-state index < -0.39 is 0 Å². The number of aromatic nitrogens is 4. The maximum Gasteiger partial charge on any atom is 0.234 e. The van der Waals surface area contributed by atoms with Gasteiger partial charge in [0.05, 0.1) is 31.3 Å². The van der Waals surface area contributed by atoms with Crippen LogP contribution in [0.15, 0.2) is 52.1 Å². The lowest BCUT2D eigenvalue weighted by atomic mass is 10.2. The lowest BCUT2D eigenvalue weighted by Gasteiger charge is -2.11. The third-order valence-electron chi connectivity index (χ3n) is 3.53. The van der Waals surface area contributed by atoms with E-state index in [1.54, 1.807) is 37.1 Å². The van der Waals surface area contributed by atoms with Crippen molar-refractivity contribution in [2.24, 2.45) is 0 Å². The van der Waals surface area contributed by atoms with Gasteiger partial charge in [0.1, 0.15) is 11.5 Å². The van der Waals surface area contributed by atoms with E-state index in [2.05, 4.69) is 36.8 Å². The van der Waals surface area contributed by atoms with Gasteiger partial charge in [-0.2, -0.15) is 4.68 Å². The van der Waals surface area contributed by atoms with Gasteiger partial charge in [-0.15, -0.1) is 5.10 Å². The largest absolute Gasteiger partial charge is 0.497 e. The summed E-state index contributed by atoms with van der Waals surface area (Å²) in [4.78, 5) is 12.4. The van der Waals surface area contributed by atoms with Crippen LogP contribution in [0.25, 0.3) is 5.69 Å². The number of ether oxygens (including phenoxy) is 2. The zero-order valence-corrected chi connectivity index (χ0v) is 17.0. The fourth-order valence-corrected chi connectivity index (χ4v) is 3.20. The van der Waals surface area contributed by atoms with Gasteiger partial charge in [-0.3, -0.25) is 4.79 Å². The van der Waals surface area contributed by atoms with Crippen LogP contribution in [0.2, 0.25) is 0 Å². The van der Waals surface area contributed by atoms with Crippen molar-refractivity contribution in [3.8, 4) is 17.2 Å². The second kappa shape index (κ2) is 8.87. The Morgan fingerprint density at radius 3 is 2.67 bits per heavy atom. The van der Waals surface area contributed by atoms with Crippen molar-refractivity contribution in [2.75, 3.05) is 25.3 Å². The van der Waals surface area contributed by atoms with Crippen molar-refractivity contribution < 1.29 is 14.3 Å². The molecule has 10 heteroatoms. The van der Waals surface area contributed by atoms with E-state index in [4.69, 9.17) is 9.47 Å². The zero-order chi connectivity index (χ0) is 19.2. The zero-order valence-electron chi connectivity index (χ0n) is 14.5. The maximum absolute atomic E-state index is 12.4. The molecule has 0 unspecified atom stereocenters. The first-order valence-electron chi connectivity index (χ1n) is 7.79. The molecule has 0 aliphatic heterocycles. The number of anilines is 1. The molecule has 1 heterocycles. The van der Waals surface area contributed by atoms with Crippen molar-refractivity contribution in [1.29, 1.82) is 0 Å². The minimum absolute atomic E-state index is 0.136. The quantitative estimate of drug-likeness (QED) is 0.553. The van der Waals surface area contributed by atoms with Crippen molar-refractivity contribution in [3.63, 3.8) is 0 Å². The number of methoxy groups -OCH3 is 2. The first-order valence-corrected chi connectivity index (χ1v) is 9.57. The van der Waals surface area contributed by atoms with Crippen LogP contribution in [0.3, 0.4) is 0 Å². The Kier molecular flexibility index (Phi) is 6.30. The molecule has 0 saturated heterocycles. The summed E-state index contributed by atoms with van der Waals surface area (Å²) in [6, 6.07) is 12.7. The van der Waals surface area contributed by atoms with Gasteiger partial charge < -0.3 is 14.8 Å². The number of thioether (sulfide) groups is 1. The molecule has 3 rings (SSSR count). The molecule has 1 aromatic heterocycles. The summed E-state index contributed by atoms with van der Waals surface area (Å²) < 4.78 is 13.0. The lowest BCUT2D eigenvalue weighted by molar-refractivity contribution is -0.113. The topological polar surface area (TPSA) is 91.2 Å². The Morgan fingerprint density at radius 2 is 1.96 bits per heavy atom. The van der Waals surface area contributed by atoms with Crippen molar-refractivity contribution in [3.05, 3.63) is 46.9 Å². The normalized spacial score (nSPS) is 10.5. The standard InChI is InChI=1S/C17H16BrN5O3S/c1-25-13-7-8-15(26-2)14(9-13)19-16(24)10-27-17-20-21-22-23(17)12-5-3-11(18)4-6-12/h3-9H,10H2,1-2H3,(H,19,24). The van der Waals surface area contributed by atoms with Gasteiger partial charge in [0.2, 0.25) is 11.1 Å². The van der Waals surface area contributed by atoms with E-state index in [-0.39, 0.29) is 11.7 Å². The van der Waals surface area contributed by atoms with Crippen LogP contribution in [-0.2, 0) is 4.79 Å². The molecule has 0 bridgehead atoms. The number of carbonyl (C=O) groups is 1. The number of rotatable bonds is 7. The number of benzene rings is 2. The van der Waals surface area contributed by atoms with Gasteiger partial charge in [0.15, 0.2) is 0 Å².